The van der Waals surface area contributed by atoms with Crippen LogP contribution >= 0.6 is 0 Å². The normalized spacial score (nSPS) is 11.6. The van der Waals surface area contributed by atoms with Crippen LogP contribution in [0.1, 0.15) is 12.0 Å². The van der Waals surface area contributed by atoms with Gasteiger partial charge in [0.1, 0.15) is 17.5 Å². The first-order chi connectivity index (χ1) is 9.29. The zero-order chi connectivity index (χ0) is 15.3. The number of phenols is 2. The van der Waals surface area contributed by atoms with E-state index in [1.807, 2.05) is 5.32 Å². The highest BCUT2D eigenvalue weighted by Crippen LogP contribution is 2.22. The molecule has 0 bridgehead atoms. The standard InChI is InChI=1S/C12H13NO7/c14-7-2-1-6(9(15)4-7)3-10(16)13-8(12(19)20)5-11(17)18/h1-2,4,8,14-15H,3,5H2,(H,13,16)(H,17,18)(H,19,20). The lowest BCUT2D eigenvalue weighted by molar-refractivity contribution is -0.147. The molecule has 0 spiro atoms. The average molecular weight is 283 g/mol. The minimum atomic E-state index is -1.54. The Balaban J connectivity index is 2.70. The molecule has 0 aromatic heterocycles. The van der Waals surface area contributed by atoms with Gasteiger partial charge in [0.05, 0.1) is 12.8 Å². The largest absolute Gasteiger partial charge is 0.508 e. The van der Waals surface area contributed by atoms with Crippen molar-refractivity contribution in [3.05, 3.63) is 23.8 Å². The fraction of sp³-hybridized carbons (Fsp3) is 0.250. The Labute approximate surface area is 113 Å². The third-order valence-electron chi connectivity index (χ3n) is 2.43. The molecule has 0 saturated heterocycles. The van der Waals surface area contributed by atoms with Gasteiger partial charge in [-0.1, -0.05) is 6.07 Å². The molecule has 8 heteroatoms. The van der Waals surface area contributed by atoms with Crippen molar-refractivity contribution in [3.63, 3.8) is 0 Å². The Kier molecular flexibility index (Phi) is 4.90. The number of benzene rings is 1. The number of carbonyl (C=O) groups excluding carboxylic acids is 1. The second-order valence-electron chi connectivity index (χ2n) is 4.05. The zero-order valence-corrected chi connectivity index (χ0v) is 10.2. The van der Waals surface area contributed by atoms with Gasteiger partial charge in [0.15, 0.2) is 0 Å². The van der Waals surface area contributed by atoms with Crippen LogP contribution in [0.2, 0.25) is 0 Å². The van der Waals surface area contributed by atoms with Crippen LogP contribution in [0.3, 0.4) is 0 Å². The molecule has 1 unspecified atom stereocenters. The number of carboxylic acid groups (broad SMARTS) is 2. The van der Waals surface area contributed by atoms with Crippen molar-refractivity contribution >= 4 is 17.8 Å². The number of hydrogen-bond donors (Lipinski definition) is 5. The number of hydrogen-bond acceptors (Lipinski definition) is 5. The summed E-state index contributed by atoms with van der Waals surface area (Å²) >= 11 is 0. The maximum absolute atomic E-state index is 11.6. The number of phenolic OH excluding ortho intramolecular Hbond substituents is 2. The van der Waals surface area contributed by atoms with Gasteiger partial charge in [-0.3, -0.25) is 9.59 Å². The van der Waals surface area contributed by atoms with E-state index in [1.54, 1.807) is 0 Å². The van der Waals surface area contributed by atoms with E-state index in [2.05, 4.69) is 0 Å². The van der Waals surface area contributed by atoms with Crippen molar-refractivity contribution in [1.29, 1.82) is 0 Å². The molecular formula is C12H13NO7. The van der Waals surface area contributed by atoms with Crippen LogP contribution in [0.25, 0.3) is 0 Å². The average Bonchev–Trinajstić information content (AvgIpc) is 2.31. The number of aliphatic carboxylic acids is 2. The molecule has 1 aromatic rings. The highest BCUT2D eigenvalue weighted by molar-refractivity contribution is 5.87. The van der Waals surface area contributed by atoms with E-state index in [0.29, 0.717) is 0 Å². The Morgan fingerprint density at radius 1 is 1.15 bits per heavy atom. The van der Waals surface area contributed by atoms with Crippen LogP contribution in [0.4, 0.5) is 0 Å². The Hall–Kier alpha value is -2.77. The summed E-state index contributed by atoms with van der Waals surface area (Å²) in [6.45, 7) is 0. The van der Waals surface area contributed by atoms with Crippen LogP contribution in [0.5, 0.6) is 11.5 Å². The summed E-state index contributed by atoms with van der Waals surface area (Å²) in [6.07, 6.45) is -1.09. The minimum absolute atomic E-state index is 0.180. The first kappa shape index (κ1) is 15.3. The third-order valence-corrected chi connectivity index (χ3v) is 2.43. The molecule has 1 atom stereocenters. The van der Waals surface area contributed by atoms with E-state index < -0.39 is 30.3 Å². The van der Waals surface area contributed by atoms with Gasteiger partial charge in [0.2, 0.25) is 5.91 Å². The predicted octanol–water partition coefficient (Wildman–Crippen LogP) is -0.316. The Morgan fingerprint density at radius 3 is 2.30 bits per heavy atom. The molecule has 1 aromatic carbocycles. The van der Waals surface area contributed by atoms with Crippen LogP contribution in [0.15, 0.2) is 18.2 Å². The van der Waals surface area contributed by atoms with Gasteiger partial charge in [0.25, 0.3) is 0 Å². The molecule has 0 heterocycles. The number of rotatable bonds is 6. The molecule has 0 fully saturated rings. The van der Waals surface area contributed by atoms with Gasteiger partial charge in [-0.2, -0.15) is 0 Å². The van der Waals surface area contributed by atoms with Gasteiger partial charge in [-0.05, 0) is 6.07 Å². The number of aromatic hydroxyl groups is 2. The minimum Gasteiger partial charge on any atom is -0.508 e. The number of carbonyl (C=O) groups is 3. The van der Waals surface area contributed by atoms with Crippen molar-refractivity contribution in [3.8, 4) is 11.5 Å². The topological polar surface area (TPSA) is 144 Å². The van der Waals surface area contributed by atoms with Crippen molar-refractivity contribution in [2.75, 3.05) is 0 Å². The molecule has 0 aliphatic heterocycles. The van der Waals surface area contributed by atoms with E-state index in [1.165, 1.54) is 12.1 Å². The first-order valence-corrected chi connectivity index (χ1v) is 5.54. The van der Waals surface area contributed by atoms with Crippen molar-refractivity contribution in [2.45, 2.75) is 18.9 Å². The van der Waals surface area contributed by atoms with Crippen LogP contribution < -0.4 is 5.32 Å². The molecular weight excluding hydrogens is 270 g/mol. The Bertz CT molecular complexity index is 541. The second-order valence-corrected chi connectivity index (χ2v) is 4.05. The van der Waals surface area contributed by atoms with Crippen molar-refractivity contribution in [1.82, 2.24) is 5.32 Å². The number of carboxylic acids is 2. The lowest BCUT2D eigenvalue weighted by Crippen LogP contribution is -2.42. The van der Waals surface area contributed by atoms with E-state index in [-0.39, 0.29) is 23.5 Å². The Morgan fingerprint density at radius 2 is 1.80 bits per heavy atom. The molecule has 1 rings (SSSR count). The smallest absolute Gasteiger partial charge is 0.326 e. The molecule has 1 amide bonds. The summed E-state index contributed by atoms with van der Waals surface area (Å²) in [7, 11) is 0. The quantitative estimate of drug-likeness (QED) is 0.481. The van der Waals surface area contributed by atoms with E-state index >= 15 is 0 Å². The zero-order valence-electron chi connectivity index (χ0n) is 10.2. The molecule has 20 heavy (non-hydrogen) atoms. The molecule has 0 aliphatic carbocycles. The summed E-state index contributed by atoms with van der Waals surface area (Å²) in [5.41, 5.74) is 0.180. The van der Waals surface area contributed by atoms with Gasteiger partial charge in [-0.25, -0.2) is 4.79 Å². The van der Waals surface area contributed by atoms with E-state index in [4.69, 9.17) is 15.3 Å². The number of amides is 1. The van der Waals surface area contributed by atoms with Crippen LogP contribution in [-0.2, 0) is 20.8 Å². The van der Waals surface area contributed by atoms with E-state index in [0.717, 1.165) is 6.07 Å². The fourth-order valence-corrected chi connectivity index (χ4v) is 1.49. The summed E-state index contributed by atoms with van der Waals surface area (Å²) in [6, 6.07) is 2.05. The number of nitrogens with one attached hydrogen (secondary N) is 1. The molecule has 0 aliphatic rings. The van der Waals surface area contributed by atoms with Crippen molar-refractivity contribution < 1.29 is 34.8 Å². The summed E-state index contributed by atoms with van der Waals surface area (Å²) in [5, 5.41) is 37.9. The maximum Gasteiger partial charge on any atom is 0.326 e. The highest BCUT2D eigenvalue weighted by Gasteiger charge is 2.23. The molecule has 0 saturated carbocycles. The van der Waals surface area contributed by atoms with Gasteiger partial charge >= 0.3 is 11.9 Å². The van der Waals surface area contributed by atoms with E-state index in [9.17, 15) is 19.5 Å². The molecule has 5 N–H and O–H groups in total. The monoisotopic (exact) mass is 283 g/mol. The maximum atomic E-state index is 11.6. The molecule has 8 nitrogen and oxygen atoms in total. The lowest BCUT2D eigenvalue weighted by atomic mass is 10.1. The van der Waals surface area contributed by atoms with Crippen LogP contribution in [-0.4, -0.2) is 44.3 Å². The molecule has 0 radical (unpaired) electrons. The van der Waals surface area contributed by atoms with Crippen LogP contribution in [0, 0.1) is 0 Å². The highest BCUT2D eigenvalue weighted by atomic mass is 16.4. The fourth-order valence-electron chi connectivity index (χ4n) is 1.49. The third kappa shape index (κ3) is 4.48. The van der Waals surface area contributed by atoms with Gasteiger partial charge < -0.3 is 25.7 Å². The van der Waals surface area contributed by atoms with Gasteiger partial charge in [-0.15, -0.1) is 0 Å². The second kappa shape index (κ2) is 6.41. The summed E-state index contributed by atoms with van der Waals surface area (Å²) in [5.74, 6) is -4.06. The predicted molar refractivity (Wildman–Crippen MR) is 65.3 cm³/mol. The first-order valence-electron chi connectivity index (χ1n) is 5.54. The lowest BCUT2D eigenvalue weighted by Gasteiger charge is -2.12. The van der Waals surface area contributed by atoms with Gasteiger partial charge in [0, 0.05) is 11.6 Å². The summed E-state index contributed by atoms with van der Waals surface area (Å²) in [4.78, 5) is 32.8. The SMILES string of the molecule is O=C(O)CC(NC(=O)Cc1ccc(O)cc1O)C(=O)O. The molecule has 108 valence electrons. The summed E-state index contributed by atoms with van der Waals surface area (Å²) < 4.78 is 0. The van der Waals surface area contributed by atoms with Crippen molar-refractivity contribution in [2.24, 2.45) is 0 Å².